The van der Waals surface area contributed by atoms with E-state index >= 15 is 0 Å². The average Bonchev–Trinajstić information content (AvgIpc) is 2.07. The lowest BCUT2D eigenvalue weighted by atomic mass is 9.76. The van der Waals surface area contributed by atoms with Gasteiger partial charge in [-0.2, -0.15) is 0 Å². The van der Waals surface area contributed by atoms with Crippen molar-refractivity contribution in [3.8, 4) is 0 Å². The Morgan fingerprint density at radius 1 is 1.31 bits per heavy atom. The number of carboxylic acid groups (broad SMARTS) is 1. The van der Waals surface area contributed by atoms with Crippen molar-refractivity contribution in [1.82, 2.24) is 0 Å². The van der Waals surface area contributed by atoms with Crippen molar-refractivity contribution in [2.45, 2.75) is 51.6 Å². The van der Waals surface area contributed by atoms with Crippen molar-refractivity contribution in [2.24, 2.45) is 5.41 Å². The van der Waals surface area contributed by atoms with Gasteiger partial charge in [-0.25, -0.2) is 0 Å². The summed E-state index contributed by atoms with van der Waals surface area (Å²) in [5.74, 6) is -0.859. The maximum Gasteiger partial charge on any atom is 0.311 e. The monoisotopic (exact) mass is 186 g/mol. The van der Waals surface area contributed by atoms with Crippen LogP contribution in [0.3, 0.4) is 0 Å². The van der Waals surface area contributed by atoms with Crippen molar-refractivity contribution in [1.29, 1.82) is 0 Å². The fourth-order valence-electron chi connectivity index (χ4n) is 1.92. The zero-order valence-corrected chi connectivity index (χ0v) is 8.12. The van der Waals surface area contributed by atoms with Crippen molar-refractivity contribution in [3.63, 3.8) is 0 Å². The predicted octanol–water partition coefficient (Wildman–Crippen LogP) is 1.79. The molecule has 0 bridgehead atoms. The third kappa shape index (κ3) is 2.21. The third-order valence-corrected chi connectivity index (χ3v) is 3.15. The van der Waals surface area contributed by atoms with Crippen LogP contribution in [-0.2, 0) is 4.79 Å². The van der Waals surface area contributed by atoms with Gasteiger partial charge in [-0.05, 0) is 19.8 Å². The molecule has 2 atom stereocenters. The van der Waals surface area contributed by atoms with E-state index in [1.807, 2.05) is 0 Å². The lowest BCUT2D eigenvalue weighted by Gasteiger charge is -2.32. The number of rotatable bonds is 1. The standard InChI is InChI=1S/C10H18O3/c1-10(9(12)13)7-5-3-2-4-6-8(10)11/h8,11H,2-7H2,1H3,(H,12,13)/t8-,10-/m1/s1. The van der Waals surface area contributed by atoms with Gasteiger partial charge in [0, 0.05) is 0 Å². The van der Waals surface area contributed by atoms with Gasteiger partial charge in [0.15, 0.2) is 0 Å². The molecule has 0 aromatic rings. The molecule has 0 aromatic carbocycles. The number of aliphatic carboxylic acids is 1. The minimum absolute atomic E-state index is 0.601. The highest BCUT2D eigenvalue weighted by atomic mass is 16.4. The number of carbonyl (C=O) groups is 1. The quantitative estimate of drug-likeness (QED) is 0.656. The molecule has 13 heavy (non-hydrogen) atoms. The van der Waals surface area contributed by atoms with Crippen LogP contribution in [0.5, 0.6) is 0 Å². The van der Waals surface area contributed by atoms with Crippen LogP contribution in [0.2, 0.25) is 0 Å². The fraction of sp³-hybridized carbons (Fsp3) is 0.900. The van der Waals surface area contributed by atoms with E-state index < -0.39 is 17.5 Å². The number of aliphatic hydroxyl groups excluding tert-OH is 1. The lowest BCUT2D eigenvalue weighted by Crippen LogP contribution is -2.40. The number of hydrogen-bond acceptors (Lipinski definition) is 2. The summed E-state index contributed by atoms with van der Waals surface area (Å²) in [5.41, 5.74) is -0.916. The number of carboxylic acids is 1. The summed E-state index contributed by atoms with van der Waals surface area (Å²) in [5, 5.41) is 18.7. The van der Waals surface area contributed by atoms with Gasteiger partial charge in [-0.1, -0.05) is 25.7 Å². The Hall–Kier alpha value is -0.570. The topological polar surface area (TPSA) is 57.5 Å². The molecule has 76 valence electrons. The summed E-state index contributed by atoms with van der Waals surface area (Å²) >= 11 is 0. The molecule has 1 aliphatic carbocycles. The Kier molecular flexibility index (Phi) is 3.31. The first-order chi connectivity index (χ1) is 6.07. The maximum absolute atomic E-state index is 11.0. The highest BCUT2D eigenvalue weighted by Gasteiger charge is 2.40. The Bertz CT molecular complexity index is 191. The van der Waals surface area contributed by atoms with Crippen LogP contribution >= 0.6 is 0 Å². The Balaban J connectivity index is 2.71. The molecule has 1 saturated carbocycles. The van der Waals surface area contributed by atoms with E-state index in [4.69, 9.17) is 5.11 Å². The highest BCUT2D eigenvalue weighted by Crippen LogP contribution is 2.34. The van der Waals surface area contributed by atoms with Gasteiger partial charge in [0.25, 0.3) is 0 Å². The number of aliphatic hydroxyl groups is 1. The summed E-state index contributed by atoms with van der Waals surface area (Å²) in [6.07, 6.45) is 4.63. The number of hydrogen-bond donors (Lipinski definition) is 2. The first-order valence-corrected chi connectivity index (χ1v) is 4.99. The summed E-state index contributed by atoms with van der Waals surface area (Å²) in [6.45, 7) is 1.66. The van der Waals surface area contributed by atoms with Crippen molar-refractivity contribution in [3.05, 3.63) is 0 Å². The van der Waals surface area contributed by atoms with Crippen LogP contribution in [0.25, 0.3) is 0 Å². The Labute approximate surface area is 78.8 Å². The first kappa shape index (κ1) is 10.5. The predicted molar refractivity (Wildman–Crippen MR) is 49.5 cm³/mol. The summed E-state index contributed by atoms with van der Waals surface area (Å²) in [7, 11) is 0. The zero-order chi connectivity index (χ0) is 9.90. The molecule has 0 spiro atoms. The molecule has 0 aromatic heterocycles. The second kappa shape index (κ2) is 4.09. The molecule has 2 N–H and O–H groups in total. The minimum Gasteiger partial charge on any atom is -0.481 e. The first-order valence-electron chi connectivity index (χ1n) is 4.99. The van der Waals surface area contributed by atoms with E-state index in [0.29, 0.717) is 12.8 Å². The molecule has 0 saturated heterocycles. The molecule has 0 aliphatic heterocycles. The Morgan fingerprint density at radius 3 is 2.54 bits per heavy atom. The minimum atomic E-state index is -0.916. The third-order valence-electron chi connectivity index (χ3n) is 3.15. The lowest BCUT2D eigenvalue weighted by molar-refractivity contribution is -0.156. The normalized spacial score (nSPS) is 36.3. The average molecular weight is 186 g/mol. The van der Waals surface area contributed by atoms with Gasteiger partial charge in [0.05, 0.1) is 11.5 Å². The molecule has 0 unspecified atom stereocenters. The van der Waals surface area contributed by atoms with E-state index in [0.717, 1.165) is 25.7 Å². The van der Waals surface area contributed by atoms with Gasteiger partial charge in [0.2, 0.25) is 0 Å². The summed E-state index contributed by atoms with van der Waals surface area (Å²) in [4.78, 5) is 11.0. The van der Waals surface area contributed by atoms with Crippen LogP contribution in [-0.4, -0.2) is 22.3 Å². The molecule has 0 radical (unpaired) electrons. The van der Waals surface area contributed by atoms with Gasteiger partial charge in [-0.15, -0.1) is 0 Å². The largest absolute Gasteiger partial charge is 0.481 e. The van der Waals surface area contributed by atoms with Crippen molar-refractivity contribution in [2.75, 3.05) is 0 Å². The van der Waals surface area contributed by atoms with Crippen LogP contribution in [0.4, 0.5) is 0 Å². The van der Waals surface area contributed by atoms with Crippen LogP contribution in [0.1, 0.15) is 45.4 Å². The van der Waals surface area contributed by atoms with E-state index in [-0.39, 0.29) is 0 Å². The molecular formula is C10H18O3. The van der Waals surface area contributed by atoms with Gasteiger partial charge < -0.3 is 10.2 Å². The molecule has 1 rings (SSSR count). The van der Waals surface area contributed by atoms with Gasteiger partial charge in [0.1, 0.15) is 0 Å². The summed E-state index contributed by atoms with van der Waals surface area (Å²) < 4.78 is 0. The van der Waals surface area contributed by atoms with Gasteiger partial charge >= 0.3 is 5.97 Å². The Morgan fingerprint density at radius 2 is 1.92 bits per heavy atom. The van der Waals surface area contributed by atoms with Crippen molar-refractivity contribution >= 4 is 5.97 Å². The van der Waals surface area contributed by atoms with E-state index in [1.165, 1.54) is 0 Å². The van der Waals surface area contributed by atoms with E-state index in [2.05, 4.69) is 0 Å². The zero-order valence-electron chi connectivity index (χ0n) is 8.12. The maximum atomic E-state index is 11.0. The van der Waals surface area contributed by atoms with Gasteiger partial charge in [-0.3, -0.25) is 4.79 Å². The van der Waals surface area contributed by atoms with E-state index in [1.54, 1.807) is 6.92 Å². The molecule has 3 nitrogen and oxygen atoms in total. The smallest absolute Gasteiger partial charge is 0.311 e. The molecular weight excluding hydrogens is 168 g/mol. The highest BCUT2D eigenvalue weighted by molar-refractivity contribution is 5.74. The molecule has 3 heteroatoms. The molecule has 1 fully saturated rings. The second-order valence-corrected chi connectivity index (χ2v) is 4.19. The van der Waals surface area contributed by atoms with Crippen molar-refractivity contribution < 1.29 is 15.0 Å². The van der Waals surface area contributed by atoms with Crippen LogP contribution in [0, 0.1) is 5.41 Å². The van der Waals surface area contributed by atoms with E-state index in [9.17, 15) is 9.90 Å². The fourth-order valence-corrected chi connectivity index (χ4v) is 1.92. The second-order valence-electron chi connectivity index (χ2n) is 4.19. The molecule has 1 aliphatic rings. The van der Waals surface area contributed by atoms with Crippen LogP contribution < -0.4 is 0 Å². The molecule has 0 heterocycles. The SMILES string of the molecule is C[C@@]1(C(=O)O)CCCCCC[C@H]1O. The summed E-state index contributed by atoms with van der Waals surface area (Å²) in [6, 6.07) is 0. The van der Waals surface area contributed by atoms with Crippen LogP contribution in [0.15, 0.2) is 0 Å². The molecule has 0 amide bonds.